The highest BCUT2D eigenvalue weighted by Crippen LogP contribution is 2.13. The molecule has 164 valence electrons. The largest absolute Gasteiger partial charge is 0.462 e. The minimum absolute atomic E-state index is 0.310. The maximum Gasteiger partial charge on any atom is 0.330 e. The van der Waals surface area contributed by atoms with Crippen LogP contribution >= 0.6 is 0 Å². The van der Waals surface area contributed by atoms with E-state index in [-0.39, 0.29) is 11.9 Å². The van der Waals surface area contributed by atoms with Crippen LogP contribution in [0.25, 0.3) is 0 Å². The molecule has 0 aliphatic heterocycles. The number of carbonyl (C=O) groups excluding carboxylic acids is 2. The fourth-order valence-corrected chi connectivity index (χ4v) is 2.70. The lowest BCUT2D eigenvalue weighted by Crippen LogP contribution is -2.12. The molecule has 0 rings (SSSR count). The summed E-state index contributed by atoms with van der Waals surface area (Å²) < 4.78 is 4.98. The van der Waals surface area contributed by atoms with Gasteiger partial charge in [-0.25, -0.2) is 4.79 Å². The molecule has 28 heavy (non-hydrogen) atoms. The minimum Gasteiger partial charge on any atom is -0.462 e. The normalized spacial score (nSPS) is 11.3. The van der Waals surface area contributed by atoms with Crippen molar-refractivity contribution in [1.82, 2.24) is 0 Å². The van der Waals surface area contributed by atoms with Crippen LogP contribution in [0, 0.1) is 11.8 Å². The molecule has 0 aromatic rings. The first-order valence-electron chi connectivity index (χ1n) is 11.0. The molecule has 0 aliphatic carbocycles. The Morgan fingerprint density at radius 2 is 1.61 bits per heavy atom. The molecule has 0 saturated carbocycles. The fraction of sp³-hybridized carbons (Fsp3) is 0.750. The van der Waals surface area contributed by atoms with Crippen molar-refractivity contribution < 1.29 is 14.3 Å². The Morgan fingerprint density at radius 3 is 2.11 bits per heavy atom. The van der Waals surface area contributed by atoms with Crippen molar-refractivity contribution in [2.75, 3.05) is 6.61 Å². The Morgan fingerprint density at radius 1 is 1.00 bits per heavy atom. The lowest BCUT2D eigenvalue weighted by atomic mass is 10.0. The van der Waals surface area contributed by atoms with Crippen LogP contribution in [-0.2, 0) is 14.3 Å². The maximum atomic E-state index is 10.8. The topological polar surface area (TPSA) is 69.4 Å². The lowest BCUT2D eigenvalue weighted by molar-refractivity contribution is -0.139. The van der Waals surface area contributed by atoms with E-state index in [1.54, 1.807) is 0 Å². The van der Waals surface area contributed by atoms with Crippen molar-refractivity contribution in [2.24, 2.45) is 17.6 Å². The molecule has 0 bridgehead atoms. The number of nitrogens with two attached hydrogens (primary N) is 1. The lowest BCUT2D eigenvalue weighted by Gasteiger charge is -2.13. The molecule has 4 heteroatoms. The predicted octanol–water partition coefficient (Wildman–Crippen LogP) is 6.35. The molecule has 1 atom stereocenters. The minimum atomic E-state index is -0.352. The molecule has 0 saturated heterocycles. The first-order valence-corrected chi connectivity index (χ1v) is 11.0. The summed E-state index contributed by atoms with van der Waals surface area (Å²) in [6, 6.07) is 0. The number of hydrogen-bond acceptors (Lipinski definition) is 3. The van der Waals surface area contributed by atoms with Gasteiger partial charge in [-0.15, -0.1) is 0 Å². The van der Waals surface area contributed by atoms with Crippen LogP contribution < -0.4 is 5.73 Å². The van der Waals surface area contributed by atoms with Gasteiger partial charge in [0, 0.05) is 11.6 Å². The molecule has 1 unspecified atom stereocenters. The summed E-state index contributed by atoms with van der Waals surface area (Å²) in [7, 11) is 0. The number of carbonyl (C=O) groups is 2. The number of hydrogen-bond donors (Lipinski definition) is 1. The van der Waals surface area contributed by atoms with E-state index in [9.17, 15) is 9.59 Å². The summed E-state index contributed by atoms with van der Waals surface area (Å²) in [5.41, 5.74) is 5.66. The Hall–Kier alpha value is -1.58. The Bertz CT molecular complexity index is 430. The Labute approximate surface area is 174 Å². The van der Waals surface area contributed by atoms with Crippen LogP contribution in [0.2, 0.25) is 0 Å². The van der Waals surface area contributed by atoms with E-state index in [4.69, 9.17) is 10.5 Å². The van der Waals surface area contributed by atoms with Crippen molar-refractivity contribution in [3.63, 3.8) is 0 Å². The van der Waals surface area contributed by atoms with Gasteiger partial charge in [0.05, 0.1) is 6.61 Å². The maximum absolute atomic E-state index is 10.8. The molecule has 0 heterocycles. The zero-order valence-corrected chi connectivity index (χ0v) is 18.9. The highest BCUT2D eigenvalue weighted by molar-refractivity contribution is 5.91. The summed E-state index contributed by atoms with van der Waals surface area (Å²) in [6.07, 6.45) is 14.1. The number of amides is 1. The third-order valence-electron chi connectivity index (χ3n) is 4.78. The summed E-state index contributed by atoms with van der Waals surface area (Å²) in [6.45, 7) is 16.3. The van der Waals surface area contributed by atoms with Gasteiger partial charge in [0.2, 0.25) is 5.91 Å². The highest BCUT2D eigenvalue weighted by Gasteiger charge is 2.07. The van der Waals surface area contributed by atoms with E-state index >= 15 is 0 Å². The fourth-order valence-electron chi connectivity index (χ4n) is 2.70. The molecular weight excluding hydrogens is 350 g/mol. The molecule has 0 fully saturated rings. The van der Waals surface area contributed by atoms with Gasteiger partial charge in [0.1, 0.15) is 0 Å². The quantitative estimate of drug-likeness (QED) is 0.188. The van der Waals surface area contributed by atoms with E-state index in [2.05, 4.69) is 40.9 Å². The van der Waals surface area contributed by atoms with E-state index < -0.39 is 0 Å². The third kappa shape index (κ3) is 20.7. The summed E-state index contributed by atoms with van der Waals surface area (Å²) in [5, 5.41) is 0. The average Bonchev–Trinajstić information content (AvgIpc) is 2.67. The van der Waals surface area contributed by atoms with Gasteiger partial charge in [-0.05, 0) is 31.1 Å². The highest BCUT2D eigenvalue weighted by atomic mass is 16.5. The van der Waals surface area contributed by atoms with Crippen LogP contribution in [0.15, 0.2) is 24.8 Å². The second-order valence-corrected chi connectivity index (χ2v) is 7.92. The molecule has 0 radical (unpaired) electrons. The van der Waals surface area contributed by atoms with Gasteiger partial charge in [-0.1, -0.05) is 92.2 Å². The van der Waals surface area contributed by atoms with Crippen LogP contribution in [0.4, 0.5) is 0 Å². The van der Waals surface area contributed by atoms with Crippen molar-refractivity contribution in [1.29, 1.82) is 0 Å². The number of primary amides is 1. The molecule has 0 spiro atoms. The van der Waals surface area contributed by atoms with Crippen LogP contribution in [0.1, 0.15) is 98.3 Å². The van der Waals surface area contributed by atoms with Crippen molar-refractivity contribution in [2.45, 2.75) is 98.3 Å². The van der Waals surface area contributed by atoms with Crippen LogP contribution in [0.3, 0.4) is 0 Å². The number of ether oxygens (including phenoxy) is 1. The van der Waals surface area contributed by atoms with Crippen LogP contribution in [-0.4, -0.2) is 18.5 Å². The van der Waals surface area contributed by atoms with Gasteiger partial charge in [-0.3, -0.25) is 4.79 Å². The van der Waals surface area contributed by atoms with E-state index in [1.165, 1.54) is 51.0 Å². The SMILES string of the molecule is C=C(CCCCCCCC(C)C)C(N)=O.C=CC(=O)OCC(CC)CCCC. The smallest absolute Gasteiger partial charge is 0.330 e. The number of rotatable bonds is 16. The van der Waals surface area contributed by atoms with Gasteiger partial charge in [0.15, 0.2) is 0 Å². The average molecular weight is 396 g/mol. The van der Waals surface area contributed by atoms with Gasteiger partial charge in [0.25, 0.3) is 0 Å². The standard InChI is InChI=1S/C13H25NO.C11H20O2/c1-11(2)9-7-5-4-6-8-10-12(3)13(14)15;1-4-7-8-10(5-2)9-13-11(12)6-3/h11H,3-10H2,1-2H3,(H2,14,15);6,10H,3-5,7-9H2,1-2H3. The number of esters is 1. The monoisotopic (exact) mass is 395 g/mol. The summed E-state index contributed by atoms with van der Waals surface area (Å²) >= 11 is 0. The van der Waals surface area contributed by atoms with Crippen molar-refractivity contribution >= 4 is 11.9 Å². The van der Waals surface area contributed by atoms with E-state index in [0.717, 1.165) is 31.6 Å². The zero-order valence-electron chi connectivity index (χ0n) is 18.9. The van der Waals surface area contributed by atoms with Gasteiger partial charge in [-0.2, -0.15) is 0 Å². The van der Waals surface area contributed by atoms with Gasteiger partial charge >= 0.3 is 5.97 Å². The molecule has 0 aromatic carbocycles. The Kier molecular flexibility index (Phi) is 20.6. The second-order valence-electron chi connectivity index (χ2n) is 7.92. The molecule has 0 aromatic heterocycles. The first kappa shape index (κ1) is 28.6. The molecule has 2 N–H and O–H groups in total. The van der Waals surface area contributed by atoms with E-state index in [1.807, 2.05) is 0 Å². The number of unbranched alkanes of at least 4 members (excludes halogenated alkanes) is 5. The Balaban J connectivity index is 0. The molecular formula is C24H45NO3. The molecule has 0 aliphatic rings. The van der Waals surface area contributed by atoms with Gasteiger partial charge < -0.3 is 10.5 Å². The zero-order chi connectivity index (χ0) is 21.8. The first-order chi connectivity index (χ1) is 13.3. The predicted molar refractivity (Wildman–Crippen MR) is 120 cm³/mol. The van der Waals surface area contributed by atoms with Crippen molar-refractivity contribution in [3.8, 4) is 0 Å². The molecule has 4 nitrogen and oxygen atoms in total. The summed E-state index contributed by atoms with van der Waals surface area (Å²) in [4.78, 5) is 21.4. The van der Waals surface area contributed by atoms with E-state index in [0.29, 0.717) is 18.1 Å². The second kappa shape index (κ2) is 20.2. The summed E-state index contributed by atoms with van der Waals surface area (Å²) in [5.74, 6) is 0.674. The molecule has 1 amide bonds. The third-order valence-corrected chi connectivity index (χ3v) is 4.78. The van der Waals surface area contributed by atoms with Crippen LogP contribution in [0.5, 0.6) is 0 Å². The van der Waals surface area contributed by atoms with Crippen molar-refractivity contribution in [3.05, 3.63) is 24.8 Å².